The van der Waals surface area contributed by atoms with Gasteiger partial charge in [-0.3, -0.25) is 4.90 Å². The van der Waals surface area contributed by atoms with Crippen molar-refractivity contribution < 1.29 is 19.1 Å². The number of amides is 1. The van der Waals surface area contributed by atoms with Crippen molar-refractivity contribution in [2.45, 2.75) is 38.5 Å². The van der Waals surface area contributed by atoms with E-state index in [1.165, 1.54) is 4.90 Å². The molecular formula is C18H24N2O4. The average molecular weight is 332 g/mol. The van der Waals surface area contributed by atoms with E-state index in [1.54, 1.807) is 6.92 Å². The van der Waals surface area contributed by atoms with Gasteiger partial charge in [0.1, 0.15) is 12.6 Å². The van der Waals surface area contributed by atoms with Crippen molar-refractivity contribution in [1.29, 1.82) is 0 Å². The van der Waals surface area contributed by atoms with Crippen LogP contribution >= 0.6 is 0 Å². The monoisotopic (exact) mass is 332 g/mol. The van der Waals surface area contributed by atoms with Crippen LogP contribution in [0.15, 0.2) is 30.3 Å². The summed E-state index contributed by atoms with van der Waals surface area (Å²) in [5.74, 6) is -0.136. The number of carbonyl (C=O) groups excluding carboxylic acids is 2. The molecule has 24 heavy (non-hydrogen) atoms. The number of carbonyl (C=O) groups is 2. The Morgan fingerprint density at radius 2 is 1.92 bits per heavy atom. The SMILES string of the molecule is CCOC(=O)C1C2CCC(N)C2CN1C(=O)OCc1ccccc1. The molecule has 0 bridgehead atoms. The first-order chi connectivity index (χ1) is 11.6. The van der Waals surface area contributed by atoms with Crippen LogP contribution in [0.5, 0.6) is 0 Å². The van der Waals surface area contributed by atoms with Crippen LogP contribution in [0, 0.1) is 11.8 Å². The second-order valence-corrected chi connectivity index (χ2v) is 6.46. The molecule has 0 radical (unpaired) electrons. The molecule has 0 spiro atoms. The molecule has 130 valence electrons. The van der Waals surface area contributed by atoms with Gasteiger partial charge in [-0.2, -0.15) is 0 Å². The van der Waals surface area contributed by atoms with Crippen molar-refractivity contribution in [1.82, 2.24) is 4.90 Å². The summed E-state index contributed by atoms with van der Waals surface area (Å²) in [5.41, 5.74) is 7.06. The van der Waals surface area contributed by atoms with E-state index < -0.39 is 12.1 Å². The highest BCUT2D eigenvalue weighted by Crippen LogP contribution is 2.42. The second-order valence-electron chi connectivity index (χ2n) is 6.46. The first-order valence-electron chi connectivity index (χ1n) is 8.51. The highest BCUT2D eigenvalue weighted by molar-refractivity contribution is 5.82. The maximum Gasteiger partial charge on any atom is 0.410 e. The Morgan fingerprint density at radius 3 is 2.62 bits per heavy atom. The topological polar surface area (TPSA) is 81.9 Å². The van der Waals surface area contributed by atoms with Crippen LogP contribution in [0.25, 0.3) is 0 Å². The van der Waals surface area contributed by atoms with Gasteiger partial charge in [-0.25, -0.2) is 9.59 Å². The number of nitrogens with two attached hydrogens (primary N) is 1. The molecular weight excluding hydrogens is 308 g/mol. The molecule has 1 aliphatic heterocycles. The van der Waals surface area contributed by atoms with E-state index in [-0.39, 0.29) is 30.5 Å². The summed E-state index contributed by atoms with van der Waals surface area (Å²) < 4.78 is 10.6. The van der Waals surface area contributed by atoms with Gasteiger partial charge in [0.15, 0.2) is 0 Å². The molecule has 2 aliphatic rings. The number of fused-ring (bicyclic) bond motifs is 1. The van der Waals surface area contributed by atoms with E-state index in [9.17, 15) is 9.59 Å². The van der Waals surface area contributed by atoms with Gasteiger partial charge < -0.3 is 15.2 Å². The molecule has 2 fully saturated rings. The summed E-state index contributed by atoms with van der Waals surface area (Å²) in [6.45, 7) is 2.71. The summed E-state index contributed by atoms with van der Waals surface area (Å²) in [6.07, 6.45) is 1.26. The van der Waals surface area contributed by atoms with E-state index in [2.05, 4.69) is 0 Å². The number of hydrogen-bond donors (Lipinski definition) is 1. The van der Waals surface area contributed by atoms with Gasteiger partial charge in [-0.05, 0) is 37.2 Å². The average Bonchev–Trinajstić information content (AvgIpc) is 3.14. The van der Waals surface area contributed by atoms with E-state index in [0.29, 0.717) is 13.2 Å². The van der Waals surface area contributed by atoms with Crippen molar-refractivity contribution in [2.24, 2.45) is 17.6 Å². The van der Waals surface area contributed by atoms with Crippen LogP contribution in [0.4, 0.5) is 4.79 Å². The number of benzene rings is 1. The molecule has 1 aliphatic carbocycles. The molecule has 6 nitrogen and oxygen atoms in total. The number of hydrogen-bond acceptors (Lipinski definition) is 5. The lowest BCUT2D eigenvalue weighted by Crippen LogP contribution is -2.44. The fraction of sp³-hybridized carbons (Fsp3) is 0.556. The van der Waals surface area contributed by atoms with Crippen LogP contribution in [-0.4, -0.2) is 42.2 Å². The Kier molecular flexibility index (Phi) is 5.04. The lowest BCUT2D eigenvalue weighted by atomic mass is 9.93. The molecule has 2 N–H and O–H groups in total. The van der Waals surface area contributed by atoms with Gasteiger partial charge in [0.25, 0.3) is 0 Å². The van der Waals surface area contributed by atoms with Gasteiger partial charge in [-0.15, -0.1) is 0 Å². The predicted molar refractivity (Wildman–Crippen MR) is 87.9 cm³/mol. The maximum absolute atomic E-state index is 12.5. The zero-order chi connectivity index (χ0) is 17.1. The van der Waals surface area contributed by atoms with E-state index in [4.69, 9.17) is 15.2 Å². The molecule has 6 heteroatoms. The fourth-order valence-electron chi connectivity index (χ4n) is 3.89. The van der Waals surface area contributed by atoms with Crippen molar-refractivity contribution in [3.63, 3.8) is 0 Å². The normalized spacial score (nSPS) is 28.5. The van der Waals surface area contributed by atoms with Crippen molar-refractivity contribution in [3.05, 3.63) is 35.9 Å². The Bertz CT molecular complexity index is 592. The second kappa shape index (κ2) is 7.21. The number of nitrogens with zero attached hydrogens (tertiary/aromatic N) is 1. The van der Waals surface area contributed by atoms with Crippen LogP contribution in [-0.2, 0) is 20.9 Å². The first-order valence-corrected chi connectivity index (χ1v) is 8.51. The Balaban J connectivity index is 1.69. The molecule has 3 rings (SSSR count). The number of likely N-dealkylation sites (tertiary alicyclic amines) is 1. The summed E-state index contributed by atoms with van der Waals surface area (Å²) in [6, 6.07) is 8.93. The highest BCUT2D eigenvalue weighted by atomic mass is 16.6. The van der Waals surface area contributed by atoms with E-state index in [1.807, 2.05) is 30.3 Å². The van der Waals surface area contributed by atoms with Crippen LogP contribution in [0.3, 0.4) is 0 Å². The smallest absolute Gasteiger partial charge is 0.410 e. The summed E-state index contributed by atoms with van der Waals surface area (Å²) in [7, 11) is 0. The minimum Gasteiger partial charge on any atom is -0.464 e. The Morgan fingerprint density at radius 1 is 1.17 bits per heavy atom. The molecule has 1 aromatic carbocycles. The summed E-state index contributed by atoms with van der Waals surface area (Å²) in [4.78, 5) is 26.4. The molecule has 1 aromatic rings. The predicted octanol–water partition coefficient (Wildman–Crippen LogP) is 1.92. The molecule has 1 amide bonds. The number of ether oxygens (including phenoxy) is 2. The van der Waals surface area contributed by atoms with Crippen molar-refractivity contribution in [3.8, 4) is 0 Å². The Hall–Kier alpha value is -2.08. The van der Waals surface area contributed by atoms with Crippen molar-refractivity contribution >= 4 is 12.1 Å². The van der Waals surface area contributed by atoms with Crippen molar-refractivity contribution in [2.75, 3.05) is 13.2 Å². The van der Waals surface area contributed by atoms with Gasteiger partial charge >= 0.3 is 12.1 Å². The maximum atomic E-state index is 12.5. The standard InChI is InChI=1S/C18H24N2O4/c1-2-23-17(21)16-13-8-9-15(19)14(13)10-20(16)18(22)24-11-12-6-4-3-5-7-12/h3-7,13-16H,2,8-11,19H2,1H3. The lowest BCUT2D eigenvalue weighted by Gasteiger charge is -2.25. The third kappa shape index (κ3) is 3.24. The lowest BCUT2D eigenvalue weighted by molar-refractivity contribution is -0.149. The number of esters is 1. The van der Waals surface area contributed by atoms with E-state index in [0.717, 1.165) is 18.4 Å². The Labute approximate surface area is 141 Å². The zero-order valence-corrected chi connectivity index (χ0v) is 13.9. The molecule has 1 saturated heterocycles. The molecule has 4 atom stereocenters. The van der Waals surface area contributed by atoms with Gasteiger partial charge in [0.2, 0.25) is 0 Å². The number of rotatable bonds is 4. The summed E-state index contributed by atoms with van der Waals surface area (Å²) in [5, 5.41) is 0. The van der Waals surface area contributed by atoms with Crippen LogP contribution in [0.2, 0.25) is 0 Å². The third-order valence-electron chi connectivity index (χ3n) is 5.05. The highest BCUT2D eigenvalue weighted by Gasteiger charge is 2.53. The minimum atomic E-state index is -0.577. The van der Waals surface area contributed by atoms with Gasteiger partial charge in [0, 0.05) is 12.6 Å². The minimum absolute atomic E-state index is 0.0267. The van der Waals surface area contributed by atoms with E-state index >= 15 is 0 Å². The molecule has 4 unspecified atom stereocenters. The van der Waals surface area contributed by atoms with Crippen LogP contribution in [0.1, 0.15) is 25.3 Å². The molecule has 0 aromatic heterocycles. The molecule has 1 heterocycles. The fourth-order valence-corrected chi connectivity index (χ4v) is 3.89. The van der Waals surface area contributed by atoms with Crippen LogP contribution < -0.4 is 5.73 Å². The molecule has 1 saturated carbocycles. The van der Waals surface area contributed by atoms with Gasteiger partial charge in [0.05, 0.1) is 6.61 Å². The first kappa shape index (κ1) is 16.8. The summed E-state index contributed by atoms with van der Waals surface area (Å²) >= 11 is 0. The van der Waals surface area contributed by atoms with Gasteiger partial charge in [-0.1, -0.05) is 30.3 Å². The largest absolute Gasteiger partial charge is 0.464 e. The third-order valence-corrected chi connectivity index (χ3v) is 5.05. The quantitative estimate of drug-likeness (QED) is 0.852. The zero-order valence-electron chi connectivity index (χ0n) is 13.9.